The highest BCUT2D eigenvalue weighted by molar-refractivity contribution is 6.00. The van der Waals surface area contributed by atoms with Crippen molar-refractivity contribution in [2.45, 2.75) is 13.3 Å². The van der Waals surface area contributed by atoms with Gasteiger partial charge in [0.25, 0.3) is 0 Å². The molecular formula is C22H22N2O2. The largest absolute Gasteiger partial charge is 0.493 e. The van der Waals surface area contributed by atoms with Crippen LogP contribution in [0.25, 0.3) is 0 Å². The maximum absolute atomic E-state index is 12.9. The summed E-state index contributed by atoms with van der Waals surface area (Å²) in [7, 11) is 0. The summed E-state index contributed by atoms with van der Waals surface area (Å²) >= 11 is 0. The number of carbonyl (C=O) groups is 1. The molecule has 26 heavy (non-hydrogen) atoms. The third-order valence-corrected chi connectivity index (χ3v) is 3.99. The average Bonchev–Trinajstić information content (AvgIpc) is 2.65. The average molecular weight is 346 g/mol. The molecule has 0 unspecified atom stereocenters. The lowest BCUT2D eigenvalue weighted by atomic mass is 10.2. The van der Waals surface area contributed by atoms with E-state index in [4.69, 9.17) is 10.5 Å². The first-order chi connectivity index (χ1) is 12.6. The molecule has 4 heteroatoms. The Morgan fingerprint density at radius 3 is 2.31 bits per heavy atom. The molecule has 0 heterocycles. The van der Waals surface area contributed by atoms with Gasteiger partial charge in [0, 0.05) is 17.1 Å². The second-order valence-corrected chi connectivity index (χ2v) is 6.07. The Balaban J connectivity index is 1.74. The van der Waals surface area contributed by atoms with E-state index in [2.05, 4.69) is 0 Å². The number of carbonyl (C=O) groups excluding carboxylic acids is 1. The second-order valence-electron chi connectivity index (χ2n) is 6.07. The minimum Gasteiger partial charge on any atom is -0.493 e. The number of rotatable bonds is 6. The molecule has 0 spiro atoms. The van der Waals surface area contributed by atoms with Crippen molar-refractivity contribution in [1.29, 1.82) is 0 Å². The van der Waals surface area contributed by atoms with Crippen LogP contribution in [-0.2, 0) is 4.79 Å². The number of nitrogen functional groups attached to an aromatic ring is 1. The van der Waals surface area contributed by atoms with E-state index in [-0.39, 0.29) is 12.3 Å². The quantitative estimate of drug-likeness (QED) is 0.658. The molecule has 132 valence electrons. The van der Waals surface area contributed by atoms with Crippen molar-refractivity contribution < 1.29 is 9.53 Å². The molecule has 3 aromatic rings. The zero-order valence-electron chi connectivity index (χ0n) is 14.8. The number of para-hydroxylation sites is 1. The SMILES string of the molecule is Cc1cccc(OCCC(=O)N(c2ccccc2)c2ccc(N)cc2)c1. The molecule has 0 saturated heterocycles. The van der Waals surface area contributed by atoms with Gasteiger partial charge >= 0.3 is 0 Å². The Labute approximate surface area is 153 Å². The number of hydrogen-bond acceptors (Lipinski definition) is 3. The smallest absolute Gasteiger partial charge is 0.234 e. The molecule has 1 amide bonds. The first-order valence-corrected chi connectivity index (χ1v) is 8.56. The Morgan fingerprint density at radius 1 is 0.923 bits per heavy atom. The highest BCUT2D eigenvalue weighted by Gasteiger charge is 2.17. The van der Waals surface area contributed by atoms with Gasteiger partial charge in [-0.05, 0) is 61.0 Å². The summed E-state index contributed by atoms with van der Waals surface area (Å²) in [6, 6.07) is 24.7. The van der Waals surface area contributed by atoms with Gasteiger partial charge in [0.05, 0.1) is 13.0 Å². The molecule has 4 nitrogen and oxygen atoms in total. The highest BCUT2D eigenvalue weighted by Crippen LogP contribution is 2.27. The standard InChI is InChI=1S/C22H22N2O2/c1-17-6-5-9-21(16-17)26-15-14-22(25)24(19-7-3-2-4-8-19)20-12-10-18(23)11-13-20/h2-13,16H,14-15,23H2,1H3. The minimum atomic E-state index is -0.0337. The molecule has 3 aromatic carbocycles. The zero-order chi connectivity index (χ0) is 18.4. The predicted octanol–water partition coefficient (Wildman–Crippen LogP) is 4.71. The van der Waals surface area contributed by atoms with E-state index < -0.39 is 0 Å². The molecule has 0 aromatic heterocycles. The number of benzene rings is 3. The molecule has 0 fully saturated rings. The fourth-order valence-electron chi connectivity index (χ4n) is 2.71. The van der Waals surface area contributed by atoms with Crippen molar-refractivity contribution in [3.05, 3.63) is 84.4 Å². The van der Waals surface area contributed by atoms with Crippen LogP contribution in [0, 0.1) is 6.92 Å². The van der Waals surface area contributed by atoms with E-state index in [0.29, 0.717) is 12.3 Å². The van der Waals surface area contributed by atoms with Crippen LogP contribution in [0.1, 0.15) is 12.0 Å². The fourth-order valence-corrected chi connectivity index (χ4v) is 2.71. The van der Waals surface area contributed by atoms with E-state index in [1.54, 1.807) is 17.0 Å². The summed E-state index contributed by atoms with van der Waals surface area (Å²) in [6.45, 7) is 2.33. The lowest BCUT2D eigenvalue weighted by Gasteiger charge is -2.23. The van der Waals surface area contributed by atoms with Gasteiger partial charge in [0.2, 0.25) is 5.91 Å². The Morgan fingerprint density at radius 2 is 1.62 bits per heavy atom. The molecule has 0 aliphatic heterocycles. The highest BCUT2D eigenvalue weighted by atomic mass is 16.5. The normalized spacial score (nSPS) is 10.3. The molecule has 0 bridgehead atoms. The Kier molecular flexibility index (Phi) is 5.54. The van der Waals surface area contributed by atoms with Gasteiger partial charge in [-0.1, -0.05) is 30.3 Å². The third kappa shape index (κ3) is 4.42. The lowest BCUT2D eigenvalue weighted by molar-refractivity contribution is -0.118. The third-order valence-electron chi connectivity index (χ3n) is 3.99. The number of anilines is 3. The number of nitrogens with zero attached hydrogens (tertiary/aromatic N) is 1. The summed E-state index contributed by atoms with van der Waals surface area (Å²) in [5.41, 5.74) is 9.17. The van der Waals surface area contributed by atoms with Gasteiger partial charge in [-0.3, -0.25) is 9.69 Å². The minimum absolute atomic E-state index is 0.0337. The van der Waals surface area contributed by atoms with Crippen molar-refractivity contribution in [2.24, 2.45) is 0 Å². The summed E-state index contributed by atoms with van der Waals surface area (Å²) in [5.74, 6) is 0.741. The number of nitrogens with two attached hydrogens (primary N) is 1. The number of ether oxygens (including phenoxy) is 1. The van der Waals surface area contributed by atoms with Crippen LogP contribution in [0.2, 0.25) is 0 Å². The van der Waals surface area contributed by atoms with Crippen LogP contribution in [0.4, 0.5) is 17.1 Å². The number of hydrogen-bond donors (Lipinski definition) is 1. The van der Waals surface area contributed by atoms with Crippen LogP contribution in [-0.4, -0.2) is 12.5 Å². The van der Waals surface area contributed by atoms with E-state index in [1.807, 2.05) is 73.7 Å². The fraction of sp³-hybridized carbons (Fsp3) is 0.136. The number of amides is 1. The van der Waals surface area contributed by atoms with E-state index in [9.17, 15) is 4.79 Å². The maximum Gasteiger partial charge on any atom is 0.234 e. The van der Waals surface area contributed by atoms with Gasteiger partial charge in [-0.25, -0.2) is 0 Å². The second kappa shape index (κ2) is 8.21. The van der Waals surface area contributed by atoms with E-state index in [0.717, 1.165) is 22.7 Å². The Hall–Kier alpha value is -3.27. The predicted molar refractivity (Wildman–Crippen MR) is 106 cm³/mol. The molecule has 0 radical (unpaired) electrons. The topological polar surface area (TPSA) is 55.6 Å². The van der Waals surface area contributed by atoms with Crippen LogP contribution < -0.4 is 15.4 Å². The lowest BCUT2D eigenvalue weighted by Crippen LogP contribution is -2.27. The first-order valence-electron chi connectivity index (χ1n) is 8.56. The monoisotopic (exact) mass is 346 g/mol. The number of aryl methyl sites for hydroxylation is 1. The summed E-state index contributed by atoms with van der Waals surface area (Å²) < 4.78 is 5.73. The summed E-state index contributed by atoms with van der Waals surface area (Å²) in [4.78, 5) is 14.6. The van der Waals surface area contributed by atoms with Crippen molar-refractivity contribution in [3.63, 3.8) is 0 Å². The van der Waals surface area contributed by atoms with Crippen molar-refractivity contribution in [3.8, 4) is 5.75 Å². The van der Waals surface area contributed by atoms with Gasteiger partial charge in [0.1, 0.15) is 5.75 Å². The molecule has 0 atom stereocenters. The molecule has 0 aliphatic carbocycles. The molecule has 2 N–H and O–H groups in total. The van der Waals surface area contributed by atoms with Gasteiger partial charge < -0.3 is 10.5 Å². The summed E-state index contributed by atoms with van der Waals surface area (Å²) in [6.07, 6.45) is 0.271. The van der Waals surface area contributed by atoms with Crippen LogP contribution in [0.5, 0.6) is 5.75 Å². The van der Waals surface area contributed by atoms with Crippen molar-refractivity contribution in [2.75, 3.05) is 17.2 Å². The Bertz CT molecular complexity index is 861. The van der Waals surface area contributed by atoms with Gasteiger partial charge in [0.15, 0.2) is 0 Å². The van der Waals surface area contributed by atoms with Gasteiger partial charge in [-0.2, -0.15) is 0 Å². The zero-order valence-corrected chi connectivity index (χ0v) is 14.8. The van der Waals surface area contributed by atoms with Crippen LogP contribution in [0.3, 0.4) is 0 Å². The van der Waals surface area contributed by atoms with E-state index >= 15 is 0 Å². The maximum atomic E-state index is 12.9. The molecule has 3 rings (SSSR count). The molecule has 0 saturated carbocycles. The first kappa shape index (κ1) is 17.5. The van der Waals surface area contributed by atoms with Crippen molar-refractivity contribution in [1.82, 2.24) is 0 Å². The van der Waals surface area contributed by atoms with Crippen LogP contribution >= 0.6 is 0 Å². The molecule has 0 aliphatic rings. The summed E-state index contributed by atoms with van der Waals surface area (Å²) in [5, 5.41) is 0. The van der Waals surface area contributed by atoms with E-state index in [1.165, 1.54) is 0 Å². The van der Waals surface area contributed by atoms with Crippen LogP contribution in [0.15, 0.2) is 78.9 Å². The van der Waals surface area contributed by atoms with Crippen molar-refractivity contribution >= 4 is 23.0 Å². The molecular weight excluding hydrogens is 324 g/mol. The van der Waals surface area contributed by atoms with Gasteiger partial charge in [-0.15, -0.1) is 0 Å².